The summed E-state index contributed by atoms with van der Waals surface area (Å²) in [5.41, 5.74) is 3.73. The largest absolute Gasteiger partial charge is 0.337 e. The zero-order valence-electron chi connectivity index (χ0n) is 17.9. The number of hydrogen-bond donors (Lipinski definition) is 0. The lowest BCUT2D eigenvalue weighted by atomic mass is 9.95. The van der Waals surface area contributed by atoms with Gasteiger partial charge in [0.25, 0.3) is 5.91 Å². The Bertz CT molecular complexity index is 1090. The standard InChI is InChI=1S/C26H26N4O2/c1-2-13-29-14-15-30(25(31)21-8-11-27-12-9-21)19-24(26(29)32)17-20-5-3-6-22(16-20)23-7-4-10-28-18-23/h2-12,16,18,24H,1,13-15,17,19H2/t24-/m0/s1. The van der Waals surface area contributed by atoms with E-state index in [1.54, 1.807) is 46.6 Å². The second-order valence-corrected chi connectivity index (χ2v) is 7.90. The van der Waals surface area contributed by atoms with E-state index in [9.17, 15) is 9.59 Å². The Morgan fingerprint density at radius 3 is 2.59 bits per heavy atom. The second kappa shape index (κ2) is 10.0. The first-order valence-electron chi connectivity index (χ1n) is 10.7. The van der Waals surface area contributed by atoms with Crippen LogP contribution in [-0.4, -0.2) is 57.8 Å². The molecule has 2 aromatic heterocycles. The third kappa shape index (κ3) is 4.91. The Morgan fingerprint density at radius 2 is 1.84 bits per heavy atom. The van der Waals surface area contributed by atoms with Crippen molar-refractivity contribution in [2.45, 2.75) is 6.42 Å². The molecule has 32 heavy (non-hydrogen) atoms. The molecule has 0 unspecified atom stereocenters. The minimum atomic E-state index is -0.326. The normalized spacial score (nSPS) is 16.5. The fourth-order valence-corrected chi connectivity index (χ4v) is 4.09. The molecule has 1 aliphatic rings. The van der Waals surface area contributed by atoms with Gasteiger partial charge >= 0.3 is 0 Å². The molecule has 6 nitrogen and oxygen atoms in total. The van der Waals surface area contributed by atoms with E-state index in [0.717, 1.165) is 16.7 Å². The van der Waals surface area contributed by atoms with Crippen molar-refractivity contribution >= 4 is 11.8 Å². The van der Waals surface area contributed by atoms with Crippen LogP contribution in [0.15, 0.2) is 86.0 Å². The van der Waals surface area contributed by atoms with Crippen molar-refractivity contribution in [3.8, 4) is 11.1 Å². The second-order valence-electron chi connectivity index (χ2n) is 7.90. The van der Waals surface area contributed by atoms with Crippen LogP contribution in [0.3, 0.4) is 0 Å². The molecule has 3 heterocycles. The zero-order chi connectivity index (χ0) is 22.3. The molecule has 4 rings (SSSR count). The van der Waals surface area contributed by atoms with Gasteiger partial charge in [-0.2, -0.15) is 0 Å². The number of nitrogens with zero attached hydrogens (tertiary/aromatic N) is 4. The van der Waals surface area contributed by atoms with Crippen LogP contribution in [0.25, 0.3) is 11.1 Å². The molecular formula is C26H26N4O2. The number of aromatic nitrogens is 2. The number of pyridine rings is 2. The smallest absolute Gasteiger partial charge is 0.254 e. The van der Waals surface area contributed by atoms with Gasteiger partial charge in [-0.25, -0.2) is 0 Å². The van der Waals surface area contributed by atoms with Gasteiger partial charge < -0.3 is 9.80 Å². The molecule has 3 aromatic rings. The van der Waals surface area contributed by atoms with Crippen LogP contribution < -0.4 is 0 Å². The number of carbonyl (C=O) groups is 2. The molecule has 2 amide bonds. The van der Waals surface area contributed by atoms with Gasteiger partial charge in [-0.15, -0.1) is 6.58 Å². The SMILES string of the molecule is C=CCN1CCN(C(=O)c2ccncc2)C[C@H](Cc2cccc(-c3cccnc3)c2)C1=O. The summed E-state index contributed by atoms with van der Waals surface area (Å²) in [4.78, 5) is 38.2. The topological polar surface area (TPSA) is 66.4 Å². The van der Waals surface area contributed by atoms with Crippen molar-refractivity contribution in [1.82, 2.24) is 19.8 Å². The molecular weight excluding hydrogens is 400 g/mol. The van der Waals surface area contributed by atoms with E-state index in [1.165, 1.54) is 0 Å². The highest BCUT2D eigenvalue weighted by Gasteiger charge is 2.32. The van der Waals surface area contributed by atoms with E-state index >= 15 is 0 Å². The summed E-state index contributed by atoms with van der Waals surface area (Å²) in [5, 5.41) is 0. The molecule has 1 saturated heterocycles. The fourth-order valence-electron chi connectivity index (χ4n) is 4.09. The highest BCUT2D eigenvalue weighted by atomic mass is 16.2. The van der Waals surface area contributed by atoms with Crippen LogP contribution in [0.4, 0.5) is 0 Å². The Morgan fingerprint density at radius 1 is 1.03 bits per heavy atom. The highest BCUT2D eigenvalue weighted by Crippen LogP contribution is 2.23. The lowest BCUT2D eigenvalue weighted by Gasteiger charge is -2.24. The van der Waals surface area contributed by atoms with E-state index in [0.29, 0.717) is 38.2 Å². The summed E-state index contributed by atoms with van der Waals surface area (Å²) in [7, 11) is 0. The molecule has 1 aliphatic heterocycles. The quantitative estimate of drug-likeness (QED) is 0.566. The van der Waals surface area contributed by atoms with Gasteiger partial charge in [0.05, 0.1) is 5.92 Å². The number of rotatable bonds is 6. The predicted octanol–water partition coefficient (Wildman–Crippen LogP) is 3.47. The maximum Gasteiger partial charge on any atom is 0.254 e. The van der Waals surface area contributed by atoms with Crippen molar-refractivity contribution in [2.24, 2.45) is 5.92 Å². The minimum absolute atomic E-state index is 0.0571. The number of benzene rings is 1. The number of amides is 2. The first-order chi connectivity index (χ1) is 15.7. The van der Waals surface area contributed by atoms with Gasteiger partial charge in [0.1, 0.15) is 0 Å². The summed E-state index contributed by atoms with van der Waals surface area (Å²) >= 11 is 0. The molecule has 1 aromatic carbocycles. The van der Waals surface area contributed by atoms with Crippen LogP contribution in [0.5, 0.6) is 0 Å². The average Bonchev–Trinajstić information content (AvgIpc) is 2.99. The maximum atomic E-state index is 13.3. The fraction of sp³-hybridized carbons (Fsp3) is 0.231. The summed E-state index contributed by atoms with van der Waals surface area (Å²) in [5.74, 6) is -0.344. The molecule has 1 fully saturated rings. The van der Waals surface area contributed by atoms with Gasteiger partial charge in [-0.3, -0.25) is 19.6 Å². The minimum Gasteiger partial charge on any atom is -0.337 e. The van der Waals surface area contributed by atoms with Crippen molar-refractivity contribution in [3.63, 3.8) is 0 Å². The summed E-state index contributed by atoms with van der Waals surface area (Å²) < 4.78 is 0. The maximum absolute atomic E-state index is 13.3. The molecule has 0 bridgehead atoms. The third-order valence-corrected chi connectivity index (χ3v) is 5.71. The molecule has 0 N–H and O–H groups in total. The molecule has 0 aliphatic carbocycles. The van der Waals surface area contributed by atoms with Gasteiger partial charge in [0.2, 0.25) is 5.91 Å². The van der Waals surface area contributed by atoms with Crippen molar-refractivity contribution in [1.29, 1.82) is 0 Å². The molecule has 0 radical (unpaired) electrons. The van der Waals surface area contributed by atoms with Crippen LogP contribution in [0.1, 0.15) is 15.9 Å². The van der Waals surface area contributed by atoms with Crippen LogP contribution in [0.2, 0.25) is 0 Å². The van der Waals surface area contributed by atoms with Crippen molar-refractivity contribution in [2.75, 3.05) is 26.2 Å². The summed E-state index contributed by atoms with van der Waals surface area (Å²) in [6.07, 6.45) is 9.10. The zero-order valence-corrected chi connectivity index (χ0v) is 17.9. The number of hydrogen-bond acceptors (Lipinski definition) is 4. The molecule has 0 saturated carbocycles. The van der Waals surface area contributed by atoms with E-state index in [1.807, 2.05) is 36.5 Å². The Labute approximate surface area is 188 Å². The van der Waals surface area contributed by atoms with Crippen LogP contribution in [-0.2, 0) is 11.2 Å². The lowest BCUT2D eigenvalue weighted by Crippen LogP contribution is -2.38. The molecule has 0 spiro atoms. The highest BCUT2D eigenvalue weighted by molar-refractivity contribution is 5.94. The summed E-state index contributed by atoms with van der Waals surface area (Å²) in [6, 6.07) is 15.5. The van der Waals surface area contributed by atoms with Crippen LogP contribution >= 0.6 is 0 Å². The van der Waals surface area contributed by atoms with E-state index in [2.05, 4.69) is 22.6 Å². The van der Waals surface area contributed by atoms with Gasteiger partial charge in [-0.05, 0) is 41.3 Å². The van der Waals surface area contributed by atoms with Crippen molar-refractivity contribution in [3.05, 3.63) is 97.1 Å². The number of carbonyl (C=O) groups excluding carboxylic acids is 2. The van der Waals surface area contributed by atoms with E-state index < -0.39 is 0 Å². The lowest BCUT2D eigenvalue weighted by molar-refractivity contribution is -0.134. The average molecular weight is 427 g/mol. The van der Waals surface area contributed by atoms with Gasteiger partial charge in [-0.1, -0.05) is 36.4 Å². The monoisotopic (exact) mass is 426 g/mol. The Balaban J connectivity index is 1.59. The third-order valence-electron chi connectivity index (χ3n) is 5.71. The van der Waals surface area contributed by atoms with E-state index in [-0.39, 0.29) is 17.7 Å². The van der Waals surface area contributed by atoms with Crippen LogP contribution in [0, 0.1) is 5.92 Å². The summed E-state index contributed by atoms with van der Waals surface area (Å²) in [6.45, 7) is 5.63. The van der Waals surface area contributed by atoms with E-state index in [4.69, 9.17) is 0 Å². The van der Waals surface area contributed by atoms with Gasteiger partial charge in [0, 0.05) is 56.5 Å². The first-order valence-corrected chi connectivity index (χ1v) is 10.7. The molecule has 1 atom stereocenters. The Kier molecular flexibility index (Phi) is 6.70. The predicted molar refractivity (Wildman–Crippen MR) is 124 cm³/mol. The molecule has 162 valence electrons. The molecule has 6 heteroatoms. The first kappa shape index (κ1) is 21.4. The van der Waals surface area contributed by atoms with Gasteiger partial charge in [0.15, 0.2) is 0 Å². The Hall–Kier alpha value is -3.80. The van der Waals surface area contributed by atoms with Crippen molar-refractivity contribution < 1.29 is 9.59 Å².